The van der Waals surface area contributed by atoms with Crippen molar-refractivity contribution in [3.8, 4) is 0 Å². The summed E-state index contributed by atoms with van der Waals surface area (Å²) in [6.07, 6.45) is 0.0656. The summed E-state index contributed by atoms with van der Waals surface area (Å²) in [5.41, 5.74) is 4.70. The molecule has 0 radical (unpaired) electrons. The molecule has 2 heterocycles. The molecule has 1 fully saturated rings. The fourth-order valence-corrected chi connectivity index (χ4v) is 4.68. The van der Waals surface area contributed by atoms with Gasteiger partial charge in [0.2, 0.25) is 17.7 Å². The molecule has 2 aliphatic heterocycles. The lowest BCUT2D eigenvalue weighted by molar-refractivity contribution is -0.128. The average molecular weight is 452 g/mol. The summed E-state index contributed by atoms with van der Waals surface area (Å²) in [6.45, 7) is 6.48. The van der Waals surface area contributed by atoms with Crippen LogP contribution in [0, 0.1) is 13.8 Å². The van der Waals surface area contributed by atoms with Gasteiger partial charge in [-0.25, -0.2) is 4.99 Å². The number of hydrogen-bond donors (Lipinski definition) is 2. The highest BCUT2D eigenvalue weighted by molar-refractivity contribution is 8.15. The van der Waals surface area contributed by atoms with Crippen LogP contribution < -0.4 is 15.5 Å². The largest absolute Gasteiger partial charge is 0.334 e. The Bertz CT molecular complexity index is 1100. The fourth-order valence-electron chi connectivity index (χ4n) is 3.56. The number of rotatable bonds is 5. The van der Waals surface area contributed by atoms with E-state index in [1.165, 1.54) is 29.8 Å². The van der Waals surface area contributed by atoms with E-state index < -0.39 is 5.25 Å². The summed E-state index contributed by atoms with van der Waals surface area (Å²) in [7, 11) is 0. The number of thioether (sulfide) groups is 1. The van der Waals surface area contributed by atoms with Gasteiger partial charge in [-0.05, 0) is 61.4 Å². The molecular formula is C23H25N5O3S. The lowest BCUT2D eigenvalue weighted by Gasteiger charge is -2.32. The van der Waals surface area contributed by atoms with E-state index in [-0.39, 0.29) is 24.1 Å². The highest BCUT2D eigenvalue weighted by atomic mass is 32.2. The molecule has 8 nitrogen and oxygen atoms in total. The number of aliphatic imine (C=N–C) groups is 1. The Morgan fingerprint density at radius 2 is 1.75 bits per heavy atom. The number of nitrogens with one attached hydrogen (secondary N) is 2. The summed E-state index contributed by atoms with van der Waals surface area (Å²) in [4.78, 5) is 44.9. The first-order valence-electron chi connectivity index (χ1n) is 10.3. The molecule has 0 unspecified atom stereocenters. The maximum Gasteiger partial charge on any atom is 0.244 e. The second-order valence-electron chi connectivity index (χ2n) is 7.92. The number of amides is 3. The zero-order valence-electron chi connectivity index (χ0n) is 18.2. The molecule has 0 aromatic heterocycles. The second kappa shape index (κ2) is 9.04. The van der Waals surface area contributed by atoms with Crippen LogP contribution in [0.5, 0.6) is 0 Å². The topological polar surface area (TPSA) is 94.1 Å². The molecule has 2 aliphatic rings. The van der Waals surface area contributed by atoms with Crippen molar-refractivity contribution in [3.63, 3.8) is 0 Å². The van der Waals surface area contributed by atoms with Crippen LogP contribution >= 0.6 is 11.8 Å². The number of amidine groups is 1. The SMILES string of the molecule is CC(=O)Nc1ccc(NC(=O)C[C@@H]2SC3=NCN(c4ccc(C)c(C)c4)CN3C2=O)cc1. The van der Waals surface area contributed by atoms with Gasteiger partial charge in [0.1, 0.15) is 18.6 Å². The Kier molecular flexibility index (Phi) is 6.18. The smallest absolute Gasteiger partial charge is 0.244 e. The van der Waals surface area contributed by atoms with Gasteiger partial charge in [-0.3, -0.25) is 19.3 Å². The minimum Gasteiger partial charge on any atom is -0.334 e. The van der Waals surface area contributed by atoms with Crippen molar-refractivity contribution in [3.05, 3.63) is 53.6 Å². The van der Waals surface area contributed by atoms with Crippen LogP contribution in [-0.4, -0.2) is 46.4 Å². The van der Waals surface area contributed by atoms with E-state index in [1.807, 2.05) is 11.0 Å². The van der Waals surface area contributed by atoms with Crippen LogP contribution in [0.15, 0.2) is 47.5 Å². The van der Waals surface area contributed by atoms with Crippen LogP contribution in [0.3, 0.4) is 0 Å². The van der Waals surface area contributed by atoms with Gasteiger partial charge in [0.25, 0.3) is 0 Å². The van der Waals surface area contributed by atoms with E-state index >= 15 is 0 Å². The maximum atomic E-state index is 13.0. The van der Waals surface area contributed by atoms with Gasteiger partial charge >= 0.3 is 0 Å². The van der Waals surface area contributed by atoms with E-state index in [0.29, 0.717) is 29.9 Å². The first kappa shape index (κ1) is 21.9. The van der Waals surface area contributed by atoms with Crippen molar-refractivity contribution in [2.45, 2.75) is 32.4 Å². The summed E-state index contributed by atoms with van der Waals surface area (Å²) in [6, 6.07) is 13.1. The standard InChI is InChI=1S/C23H25N5O3S/c1-14-4-9-19(10-15(14)2)27-12-24-23-28(13-27)22(31)20(32-23)11-21(30)26-18-7-5-17(6-8-18)25-16(3)29/h4-10,20H,11-13H2,1-3H3,(H,25,29)(H,26,30)/t20-/m0/s1. The number of nitrogens with zero attached hydrogens (tertiary/aromatic N) is 3. The van der Waals surface area contributed by atoms with E-state index in [4.69, 9.17) is 0 Å². The monoisotopic (exact) mass is 451 g/mol. The highest BCUT2D eigenvalue weighted by Crippen LogP contribution is 2.33. The summed E-state index contributed by atoms with van der Waals surface area (Å²) >= 11 is 1.35. The first-order chi connectivity index (χ1) is 15.3. The van der Waals surface area contributed by atoms with Crippen molar-refractivity contribution in [1.82, 2.24) is 4.90 Å². The van der Waals surface area contributed by atoms with Crippen molar-refractivity contribution < 1.29 is 14.4 Å². The third kappa shape index (κ3) is 4.77. The van der Waals surface area contributed by atoms with Gasteiger partial charge in [0.15, 0.2) is 5.17 Å². The molecule has 1 atom stereocenters. The summed E-state index contributed by atoms with van der Waals surface area (Å²) in [5, 5.41) is 5.67. The van der Waals surface area contributed by atoms with Crippen LogP contribution in [0.25, 0.3) is 0 Å². The lowest BCUT2D eigenvalue weighted by atomic mass is 10.1. The van der Waals surface area contributed by atoms with E-state index in [2.05, 4.69) is 41.6 Å². The molecule has 2 aromatic carbocycles. The predicted octanol–water partition coefficient (Wildman–Crippen LogP) is 3.33. The Labute approximate surface area is 191 Å². The van der Waals surface area contributed by atoms with Gasteiger partial charge in [0.05, 0.1) is 0 Å². The lowest BCUT2D eigenvalue weighted by Crippen LogP contribution is -2.46. The quantitative estimate of drug-likeness (QED) is 0.727. The van der Waals surface area contributed by atoms with E-state index in [9.17, 15) is 14.4 Å². The molecule has 2 aromatic rings. The number of hydrogen-bond acceptors (Lipinski definition) is 6. The van der Waals surface area contributed by atoms with Gasteiger partial charge in [-0.15, -0.1) is 0 Å². The molecular weight excluding hydrogens is 426 g/mol. The van der Waals surface area contributed by atoms with E-state index in [1.54, 1.807) is 29.2 Å². The number of anilines is 3. The minimum absolute atomic E-state index is 0.0656. The van der Waals surface area contributed by atoms with Crippen molar-refractivity contribution in [1.29, 1.82) is 0 Å². The molecule has 9 heteroatoms. The van der Waals surface area contributed by atoms with Crippen LogP contribution in [0.2, 0.25) is 0 Å². The maximum absolute atomic E-state index is 13.0. The molecule has 0 saturated carbocycles. The molecule has 166 valence electrons. The number of aryl methyl sites for hydroxylation is 2. The summed E-state index contributed by atoms with van der Waals surface area (Å²) in [5.74, 6) is -0.498. The Morgan fingerprint density at radius 3 is 2.41 bits per heavy atom. The van der Waals surface area contributed by atoms with E-state index in [0.717, 1.165) is 5.69 Å². The number of fused-ring (bicyclic) bond motifs is 1. The highest BCUT2D eigenvalue weighted by Gasteiger charge is 2.41. The molecule has 0 aliphatic carbocycles. The zero-order chi connectivity index (χ0) is 22.8. The van der Waals surface area contributed by atoms with Gasteiger partial charge in [0, 0.05) is 30.4 Å². The fraction of sp³-hybridized carbons (Fsp3) is 0.304. The Morgan fingerprint density at radius 1 is 1.06 bits per heavy atom. The minimum atomic E-state index is -0.493. The first-order valence-corrected chi connectivity index (χ1v) is 11.2. The zero-order valence-corrected chi connectivity index (χ0v) is 19.0. The van der Waals surface area contributed by atoms with Gasteiger partial charge < -0.3 is 15.5 Å². The molecule has 0 bridgehead atoms. The molecule has 3 amide bonds. The molecule has 2 N–H and O–H groups in total. The molecule has 0 spiro atoms. The third-order valence-corrected chi connectivity index (χ3v) is 6.64. The van der Waals surface area contributed by atoms with Crippen molar-refractivity contribution >= 4 is 51.7 Å². The van der Waals surface area contributed by atoms with Gasteiger partial charge in [-0.2, -0.15) is 0 Å². The van der Waals surface area contributed by atoms with Gasteiger partial charge in [-0.1, -0.05) is 17.8 Å². The molecule has 4 rings (SSSR count). The molecule has 32 heavy (non-hydrogen) atoms. The van der Waals surface area contributed by atoms with Crippen molar-refractivity contribution in [2.24, 2.45) is 4.99 Å². The number of carbonyl (C=O) groups excluding carboxylic acids is 3. The predicted molar refractivity (Wildman–Crippen MR) is 128 cm³/mol. The third-order valence-electron chi connectivity index (χ3n) is 5.42. The van der Waals surface area contributed by atoms with Crippen molar-refractivity contribution in [2.75, 3.05) is 28.9 Å². The average Bonchev–Trinajstić information content (AvgIpc) is 3.06. The number of carbonyl (C=O) groups is 3. The Balaban J connectivity index is 1.36. The molecule has 1 saturated heterocycles. The normalized spacial score (nSPS) is 17.7. The van der Waals surface area contributed by atoms with Crippen LogP contribution in [0.1, 0.15) is 24.5 Å². The van der Waals surface area contributed by atoms with Crippen LogP contribution in [0.4, 0.5) is 17.1 Å². The second-order valence-corrected chi connectivity index (χ2v) is 9.09. The van der Waals surface area contributed by atoms with Crippen LogP contribution in [-0.2, 0) is 14.4 Å². The Hall–Kier alpha value is -3.33. The number of benzene rings is 2. The summed E-state index contributed by atoms with van der Waals surface area (Å²) < 4.78 is 0.